The number of aromatic nitrogens is 1. The van der Waals surface area contributed by atoms with E-state index in [1.54, 1.807) is 0 Å². The molecule has 1 aliphatic rings. The van der Waals surface area contributed by atoms with Crippen LogP contribution in [0.5, 0.6) is 0 Å². The average Bonchev–Trinajstić information content (AvgIpc) is 2.82. The highest BCUT2D eigenvalue weighted by Gasteiger charge is 2.21. The first kappa shape index (κ1) is 12.0. The van der Waals surface area contributed by atoms with E-state index in [0.717, 1.165) is 43.1 Å². The molecule has 0 atom stereocenters. The van der Waals surface area contributed by atoms with Gasteiger partial charge in [-0.2, -0.15) is 0 Å². The zero-order chi connectivity index (χ0) is 13.1. The van der Waals surface area contributed by atoms with Gasteiger partial charge in [0.15, 0.2) is 0 Å². The second kappa shape index (κ2) is 5.29. The summed E-state index contributed by atoms with van der Waals surface area (Å²) < 4.78 is 5.30. The monoisotopic (exact) mass is 252 g/mol. The summed E-state index contributed by atoms with van der Waals surface area (Å²) in [6, 6.07) is 10.1. The van der Waals surface area contributed by atoms with Gasteiger partial charge in [-0.25, -0.2) is 0 Å². The first-order valence-corrected chi connectivity index (χ1v) is 6.53. The number of nitrogens with zero attached hydrogens (tertiary/aromatic N) is 2. The van der Waals surface area contributed by atoms with Gasteiger partial charge in [-0.3, -0.25) is 4.90 Å². The minimum absolute atomic E-state index is 0.791. The summed E-state index contributed by atoms with van der Waals surface area (Å²) in [6.07, 6.45) is 0.934. The van der Waals surface area contributed by atoms with E-state index in [1.165, 1.54) is 5.56 Å². The zero-order valence-corrected chi connectivity index (χ0v) is 11.0. The maximum absolute atomic E-state index is 5.30. The Kier molecular flexibility index (Phi) is 3.35. The summed E-state index contributed by atoms with van der Waals surface area (Å²) in [4.78, 5) is 2.34. The molecule has 3 rings (SSSR count). The molecule has 1 aromatic heterocycles. The lowest BCUT2D eigenvalue weighted by Crippen LogP contribution is -2.30. The topological polar surface area (TPSA) is 29.3 Å². The van der Waals surface area contributed by atoms with Crippen molar-refractivity contribution in [1.29, 1.82) is 0 Å². The van der Waals surface area contributed by atoms with Crippen molar-refractivity contribution >= 4 is 0 Å². The number of rotatable bonds is 1. The summed E-state index contributed by atoms with van der Waals surface area (Å²) in [5.41, 5.74) is 3.32. The Morgan fingerprint density at radius 1 is 1.32 bits per heavy atom. The van der Waals surface area contributed by atoms with Gasteiger partial charge in [-0.05, 0) is 19.1 Å². The molecule has 0 spiro atoms. The van der Waals surface area contributed by atoms with Gasteiger partial charge in [0.1, 0.15) is 5.76 Å². The van der Waals surface area contributed by atoms with E-state index in [-0.39, 0.29) is 0 Å². The molecule has 0 aliphatic carbocycles. The van der Waals surface area contributed by atoms with Crippen molar-refractivity contribution in [3.8, 4) is 11.8 Å². The molecular weight excluding hydrogens is 236 g/mol. The number of hydrogen-bond acceptors (Lipinski definition) is 3. The lowest BCUT2D eigenvalue weighted by atomic mass is 10.1. The van der Waals surface area contributed by atoms with Gasteiger partial charge in [0.05, 0.1) is 12.2 Å². The first-order valence-electron chi connectivity index (χ1n) is 6.53. The molecule has 1 aromatic carbocycles. The van der Waals surface area contributed by atoms with Crippen LogP contribution in [0.1, 0.15) is 22.6 Å². The zero-order valence-electron chi connectivity index (χ0n) is 11.0. The number of fused-ring (bicyclic) bond motifs is 1. The molecule has 0 N–H and O–H groups in total. The van der Waals surface area contributed by atoms with Crippen LogP contribution < -0.4 is 0 Å². The Bertz CT molecular complexity index is 619. The molecule has 2 heterocycles. The molecule has 3 heteroatoms. The SMILES string of the molecule is Cc1noc2c1CN(CC#Cc1ccccc1)CC2. The Morgan fingerprint density at radius 2 is 2.16 bits per heavy atom. The first-order chi connectivity index (χ1) is 9.33. The van der Waals surface area contributed by atoms with Crippen LogP contribution in [0.2, 0.25) is 0 Å². The van der Waals surface area contributed by atoms with Crippen LogP contribution in [0.15, 0.2) is 34.9 Å². The highest BCUT2D eigenvalue weighted by atomic mass is 16.5. The predicted molar refractivity (Wildman–Crippen MR) is 73.5 cm³/mol. The standard InChI is InChI=1S/C16H16N2O/c1-13-15-12-18(11-9-16(15)19-17-13)10-5-8-14-6-3-2-4-7-14/h2-4,6-7H,9-12H2,1H3. The van der Waals surface area contributed by atoms with Crippen LogP contribution in [0.25, 0.3) is 0 Å². The second-order valence-electron chi connectivity index (χ2n) is 4.80. The van der Waals surface area contributed by atoms with Gasteiger partial charge < -0.3 is 4.52 Å². The molecule has 96 valence electrons. The molecule has 0 radical (unpaired) electrons. The fourth-order valence-corrected chi connectivity index (χ4v) is 2.31. The van der Waals surface area contributed by atoms with Crippen molar-refractivity contribution in [1.82, 2.24) is 10.1 Å². The van der Waals surface area contributed by atoms with Crippen molar-refractivity contribution in [2.24, 2.45) is 0 Å². The molecule has 0 unspecified atom stereocenters. The van der Waals surface area contributed by atoms with Gasteiger partial charge >= 0.3 is 0 Å². The predicted octanol–water partition coefficient (Wildman–Crippen LogP) is 2.39. The highest BCUT2D eigenvalue weighted by molar-refractivity contribution is 5.34. The summed E-state index contributed by atoms with van der Waals surface area (Å²) in [5.74, 6) is 7.48. The van der Waals surface area contributed by atoms with E-state index in [4.69, 9.17) is 4.52 Å². The van der Waals surface area contributed by atoms with E-state index < -0.39 is 0 Å². The van der Waals surface area contributed by atoms with Crippen molar-refractivity contribution in [2.45, 2.75) is 19.9 Å². The third-order valence-electron chi connectivity index (χ3n) is 3.41. The van der Waals surface area contributed by atoms with E-state index in [9.17, 15) is 0 Å². The van der Waals surface area contributed by atoms with Gasteiger partial charge in [-0.15, -0.1) is 0 Å². The van der Waals surface area contributed by atoms with E-state index in [0.29, 0.717) is 0 Å². The third kappa shape index (κ3) is 2.69. The fourth-order valence-electron chi connectivity index (χ4n) is 2.31. The molecule has 3 nitrogen and oxygen atoms in total. The molecule has 19 heavy (non-hydrogen) atoms. The van der Waals surface area contributed by atoms with Crippen LogP contribution in [0.3, 0.4) is 0 Å². The van der Waals surface area contributed by atoms with Crippen molar-refractivity contribution in [3.63, 3.8) is 0 Å². The smallest absolute Gasteiger partial charge is 0.142 e. The molecule has 1 aliphatic heterocycles. The summed E-state index contributed by atoms with van der Waals surface area (Å²) in [5, 5.41) is 4.02. The van der Waals surface area contributed by atoms with Gasteiger partial charge in [0, 0.05) is 30.6 Å². The Balaban J connectivity index is 1.64. The summed E-state index contributed by atoms with van der Waals surface area (Å²) in [6.45, 7) is 4.68. The summed E-state index contributed by atoms with van der Waals surface area (Å²) >= 11 is 0. The number of aryl methyl sites for hydroxylation is 1. The van der Waals surface area contributed by atoms with Crippen LogP contribution in [-0.2, 0) is 13.0 Å². The van der Waals surface area contributed by atoms with Crippen molar-refractivity contribution in [2.75, 3.05) is 13.1 Å². The Morgan fingerprint density at radius 3 is 3.00 bits per heavy atom. The molecular formula is C16H16N2O. The van der Waals surface area contributed by atoms with Gasteiger partial charge in [-0.1, -0.05) is 35.2 Å². The van der Waals surface area contributed by atoms with Crippen LogP contribution in [0.4, 0.5) is 0 Å². The maximum atomic E-state index is 5.30. The molecule has 0 fully saturated rings. The minimum Gasteiger partial charge on any atom is -0.361 e. The second-order valence-corrected chi connectivity index (χ2v) is 4.80. The molecule has 0 bridgehead atoms. The number of benzene rings is 1. The number of hydrogen-bond donors (Lipinski definition) is 0. The fraction of sp³-hybridized carbons (Fsp3) is 0.312. The maximum Gasteiger partial charge on any atom is 0.142 e. The quantitative estimate of drug-likeness (QED) is 0.730. The van der Waals surface area contributed by atoms with Gasteiger partial charge in [0.2, 0.25) is 0 Å². The molecule has 0 amide bonds. The third-order valence-corrected chi connectivity index (χ3v) is 3.41. The van der Waals surface area contributed by atoms with Crippen LogP contribution in [0, 0.1) is 18.8 Å². The van der Waals surface area contributed by atoms with Crippen LogP contribution >= 0.6 is 0 Å². The minimum atomic E-state index is 0.791. The molecule has 0 saturated carbocycles. The molecule has 0 saturated heterocycles. The van der Waals surface area contributed by atoms with E-state index >= 15 is 0 Å². The van der Waals surface area contributed by atoms with Crippen LogP contribution in [-0.4, -0.2) is 23.1 Å². The van der Waals surface area contributed by atoms with Crippen molar-refractivity contribution in [3.05, 3.63) is 52.9 Å². The summed E-state index contributed by atoms with van der Waals surface area (Å²) in [7, 11) is 0. The lowest BCUT2D eigenvalue weighted by molar-refractivity contribution is 0.261. The lowest BCUT2D eigenvalue weighted by Gasteiger charge is -2.23. The Hall–Kier alpha value is -2.05. The van der Waals surface area contributed by atoms with E-state index in [2.05, 4.69) is 21.9 Å². The van der Waals surface area contributed by atoms with Crippen molar-refractivity contribution < 1.29 is 4.52 Å². The normalized spacial score (nSPS) is 14.6. The molecule has 2 aromatic rings. The Labute approximate surface area is 113 Å². The van der Waals surface area contributed by atoms with Gasteiger partial charge in [0.25, 0.3) is 0 Å². The van der Waals surface area contributed by atoms with E-state index in [1.807, 2.05) is 37.3 Å². The highest BCUT2D eigenvalue weighted by Crippen LogP contribution is 2.21. The largest absolute Gasteiger partial charge is 0.361 e. The average molecular weight is 252 g/mol.